The van der Waals surface area contributed by atoms with Crippen LogP contribution in [0.1, 0.15) is 0 Å². The number of nitrogens with one attached hydrogen (secondary N) is 1. The first kappa shape index (κ1) is 13.2. The number of carboxylic acid groups (broad SMARTS) is 1. The standard InChI is InChI=1S/C13H9BrN2O3/c14-9-6-8-2-1-5-15-13(8)10(7-9)16-11(17)3-4-12(18)19/h1-7H,(H,16,17)(H,18,19)/p-1/b4-3+. The van der Waals surface area contributed by atoms with Crippen molar-refractivity contribution in [1.82, 2.24) is 4.98 Å². The van der Waals surface area contributed by atoms with Gasteiger partial charge in [-0.25, -0.2) is 0 Å². The van der Waals surface area contributed by atoms with Crippen LogP contribution in [0, 0.1) is 0 Å². The highest BCUT2D eigenvalue weighted by atomic mass is 79.9. The van der Waals surface area contributed by atoms with Gasteiger partial charge in [-0.05, 0) is 24.3 Å². The zero-order valence-electron chi connectivity index (χ0n) is 9.59. The maximum Gasteiger partial charge on any atom is 0.248 e. The lowest BCUT2D eigenvalue weighted by Gasteiger charge is -2.07. The van der Waals surface area contributed by atoms with E-state index in [1.54, 1.807) is 18.3 Å². The minimum atomic E-state index is -1.42. The molecule has 0 atom stereocenters. The number of aliphatic carboxylic acids is 1. The maximum absolute atomic E-state index is 11.5. The Hall–Kier alpha value is -2.21. The van der Waals surface area contributed by atoms with Gasteiger partial charge in [0.15, 0.2) is 0 Å². The number of hydrogen-bond acceptors (Lipinski definition) is 4. The van der Waals surface area contributed by atoms with E-state index in [4.69, 9.17) is 0 Å². The zero-order chi connectivity index (χ0) is 13.8. The summed E-state index contributed by atoms with van der Waals surface area (Å²) in [6.45, 7) is 0. The summed E-state index contributed by atoms with van der Waals surface area (Å²) in [4.78, 5) is 25.9. The van der Waals surface area contributed by atoms with Crippen LogP contribution in [0.3, 0.4) is 0 Å². The van der Waals surface area contributed by atoms with Crippen molar-refractivity contribution in [2.24, 2.45) is 0 Å². The summed E-state index contributed by atoms with van der Waals surface area (Å²) in [5.74, 6) is -1.98. The van der Waals surface area contributed by atoms with Crippen LogP contribution in [-0.2, 0) is 9.59 Å². The highest BCUT2D eigenvalue weighted by molar-refractivity contribution is 9.10. The van der Waals surface area contributed by atoms with Crippen LogP contribution in [0.4, 0.5) is 5.69 Å². The Morgan fingerprint density at radius 2 is 2.11 bits per heavy atom. The fourth-order valence-electron chi connectivity index (χ4n) is 1.57. The van der Waals surface area contributed by atoms with Crippen molar-refractivity contribution < 1.29 is 14.7 Å². The molecule has 5 nitrogen and oxygen atoms in total. The average molecular weight is 320 g/mol. The minimum Gasteiger partial charge on any atom is -0.545 e. The molecule has 1 N–H and O–H groups in total. The molecule has 0 spiro atoms. The second-order valence-corrected chi connectivity index (χ2v) is 4.59. The monoisotopic (exact) mass is 319 g/mol. The number of halogens is 1. The summed E-state index contributed by atoms with van der Waals surface area (Å²) < 4.78 is 0.784. The van der Waals surface area contributed by atoms with Gasteiger partial charge in [0.2, 0.25) is 5.91 Å². The first-order valence-electron chi connectivity index (χ1n) is 5.30. The van der Waals surface area contributed by atoms with Crippen molar-refractivity contribution in [3.05, 3.63) is 47.1 Å². The van der Waals surface area contributed by atoms with E-state index in [0.29, 0.717) is 17.3 Å². The first-order valence-corrected chi connectivity index (χ1v) is 6.10. The second-order valence-electron chi connectivity index (χ2n) is 3.67. The van der Waals surface area contributed by atoms with Gasteiger partial charge in [0.1, 0.15) is 0 Å². The maximum atomic E-state index is 11.5. The van der Waals surface area contributed by atoms with Crippen LogP contribution in [0.2, 0.25) is 0 Å². The minimum absolute atomic E-state index is 0.498. The summed E-state index contributed by atoms with van der Waals surface area (Å²) >= 11 is 3.33. The lowest BCUT2D eigenvalue weighted by molar-refractivity contribution is -0.297. The lowest BCUT2D eigenvalue weighted by atomic mass is 10.2. The van der Waals surface area contributed by atoms with Crippen LogP contribution in [-0.4, -0.2) is 16.9 Å². The smallest absolute Gasteiger partial charge is 0.248 e. The molecule has 6 heteroatoms. The van der Waals surface area contributed by atoms with Gasteiger partial charge in [-0.15, -0.1) is 0 Å². The molecular formula is C13H8BrN2O3-. The highest BCUT2D eigenvalue weighted by Gasteiger charge is 2.06. The Bertz CT molecular complexity index is 683. The van der Waals surface area contributed by atoms with E-state index < -0.39 is 11.9 Å². The van der Waals surface area contributed by atoms with Gasteiger partial charge < -0.3 is 15.2 Å². The van der Waals surface area contributed by atoms with Crippen molar-refractivity contribution in [2.45, 2.75) is 0 Å². The highest BCUT2D eigenvalue weighted by Crippen LogP contribution is 2.26. The number of carboxylic acids is 1. The quantitative estimate of drug-likeness (QED) is 0.863. The molecule has 1 aromatic heterocycles. The molecule has 1 amide bonds. The Morgan fingerprint density at radius 1 is 1.32 bits per heavy atom. The molecule has 0 bridgehead atoms. The van der Waals surface area contributed by atoms with E-state index in [1.807, 2.05) is 12.1 Å². The Labute approximate surface area is 117 Å². The molecule has 0 saturated heterocycles. The number of anilines is 1. The number of aromatic nitrogens is 1. The van der Waals surface area contributed by atoms with Gasteiger partial charge >= 0.3 is 0 Å². The van der Waals surface area contributed by atoms with Crippen molar-refractivity contribution >= 4 is 44.4 Å². The van der Waals surface area contributed by atoms with E-state index >= 15 is 0 Å². The van der Waals surface area contributed by atoms with Crippen LogP contribution < -0.4 is 10.4 Å². The van der Waals surface area contributed by atoms with Gasteiger partial charge in [0.05, 0.1) is 17.2 Å². The molecule has 0 unspecified atom stereocenters. The summed E-state index contributed by atoms with van der Waals surface area (Å²) in [5, 5.41) is 13.7. The van der Waals surface area contributed by atoms with E-state index in [9.17, 15) is 14.7 Å². The number of carbonyl (C=O) groups excluding carboxylic acids is 2. The van der Waals surface area contributed by atoms with Gasteiger partial charge in [-0.3, -0.25) is 9.78 Å². The molecule has 0 aliphatic rings. The third kappa shape index (κ3) is 3.38. The second kappa shape index (κ2) is 5.62. The van der Waals surface area contributed by atoms with Gasteiger partial charge in [0.25, 0.3) is 0 Å². The molecule has 0 radical (unpaired) electrons. The van der Waals surface area contributed by atoms with Gasteiger partial charge in [0, 0.05) is 22.1 Å². The predicted octanol–water partition coefficient (Wildman–Crippen LogP) is 1.24. The Balaban J connectivity index is 2.35. The number of amides is 1. The molecular weight excluding hydrogens is 312 g/mol. The van der Waals surface area contributed by atoms with E-state index in [1.165, 1.54) is 0 Å². The summed E-state index contributed by atoms with van der Waals surface area (Å²) in [6, 6.07) is 7.21. The van der Waals surface area contributed by atoms with Gasteiger partial charge in [-0.2, -0.15) is 0 Å². The fraction of sp³-hybridized carbons (Fsp3) is 0. The summed E-state index contributed by atoms with van der Waals surface area (Å²) in [5.41, 5.74) is 1.12. The van der Waals surface area contributed by atoms with Crippen molar-refractivity contribution in [3.8, 4) is 0 Å². The molecule has 0 aliphatic carbocycles. The third-order valence-corrected chi connectivity index (χ3v) is 2.76. The third-order valence-electron chi connectivity index (χ3n) is 2.30. The van der Waals surface area contributed by atoms with Crippen LogP contribution in [0.5, 0.6) is 0 Å². The number of fused-ring (bicyclic) bond motifs is 1. The fourth-order valence-corrected chi connectivity index (χ4v) is 2.04. The lowest BCUT2D eigenvalue weighted by Crippen LogP contribution is -2.20. The normalized spacial score (nSPS) is 10.8. The number of pyridine rings is 1. The predicted molar refractivity (Wildman–Crippen MR) is 72.2 cm³/mol. The number of carbonyl (C=O) groups is 2. The van der Waals surface area contributed by atoms with E-state index in [0.717, 1.165) is 15.9 Å². The summed E-state index contributed by atoms with van der Waals surface area (Å²) in [7, 11) is 0. The molecule has 0 aliphatic heterocycles. The number of nitrogens with zero attached hydrogens (tertiary/aromatic N) is 1. The zero-order valence-corrected chi connectivity index (χ0v) is 11.2. The van der Waals surface area contributed by atoms with Crippen LogP contribution >= 0.6 is 15.9 Å². The van der Waals surface area contributed by atoms with Crippen LogP contribution in [0.15, 0.2) is 47.1 Å². The molecule has 2 aromatic rings. The number of rotatable bonds is 3. The average Bonchev–Trinajstić information content (AvgIpc) is 2.36. The Kier molecular flexibility index (Phi) is 3.91. The van der Waals surface area contributed by atoms with Crippen molar-refractivity contribution in [3.63, 3.8) is 0 Å². The summed E-state index contributed by atoms with van der Waals surface area (Å²) in [6.07, 6.45) is 3.18. The van der Waals surface area contributed by atoms with Crippen LogP contribution in [0.25, 0.3) is 10.9 Å². The molecule has 0 saturated carbocycles. The van der Waals surface area contributed by atoms with Gasteiger partial charge in [-0.1, -0.05) is 22.0 Å². The Morgan fingerprint density at radius 3 is 2.84 bits per heavy atom. The first-order chi connectivity index (χ1) is 9.06. The topological polar surface area (TPSA) is 82.1 Å². The molecule has 1 aromatic carbocycles. The van der Waals surface area contributed by atoms with E-state index in [-0.39, 0.29) is 0 Å². The molecule has 19 heavy (non-hydrogen) atoms. The van der Waals surface area contributed by atoms with Crippen molar-refractivity contribution in [2.75, 3.05) is 5.32 Å². The number of benzene rings is 1. The molecule has 2 rings (SSSR count). The molecule has 96 valence electrons. The number of hydrogen-bond donors (Lipinski definition) is 1. The largest absolute Gasteiger partial charge is 0.545 e. The van der Waals surface area contributed by atoms with E-state index in [2.05, 4.69) is 26.2 Å². The van der Waals surface area contributed by atoms with Crippen molar-refractivity contribution in [1.29, 1.82) is 0 Å². The SMILES string of the molecule is O=C([O-])/C=C/C(=O)Nc1cc(Br)cc2cccnc12. The molecule has 1 heterocycles. The molecule has 0 fully saturated rings.